The van der Waals surface area contributed by atoms with Gasteiger partial charge < -0.3 is 8.98 Å². The van der Waals surface area contributed by atoms with Crippen molar-refractivity contribution in [3.8, 4) is 0 Å². The maximum absolute atomic E-state index is 12.5. The van der Waals surface area contributed by atoms with Gasteiger partial charge in [0.15, 0.2) is 0 Å². The van der Waals surface area contributed by atoms with Crippen LogP contribution in [0.5, 0.6) is 0 Å². The van der Waals surface area contributed by atoms with Crippen LogP contribution in [0.15, 0.2) is 34.9 Å². The first-order valence-corrected chi connectivity index (χ1v) is 13.6. The Bertz CT molecular complexity index is 895. The molecule has 0 bridgehead atoms. The van der Waals surface area contributed by atoms with Crippen LogP contribution in [0.2, 0.25) is 0 Å². The zero-order chi connectivity index (χ0) is 23.8. The highest BCUT2D eigenvalue weighted by Crippen LogP contribution is 2.65. The highest BCUT2D eigenvalue weighted by atomic mass is 32.2. The van der Waals surface area contributed by atoms with Gasteiger partial charge in [0.05, 0.1) is 6.10 Å². The van der Waals surface area contributed by atoms with E-state index in [2.05, 4.69) is 39.0 Å². The molecule has 2 radical (unpaired) electrons. The van der Waals surface area contributed by atoms with Gasteiger partial charge in [0.2, 0.25) is 14.2 Å². The van der Waals surface area contributed by atoms with Crippen molar-refractivity contribution in [3.63, 3.8) is 0 Å². The summed E-state index contributed by atoms with van der Waals surface area (Å²) in [4.78, 5) is 10.9. The molecule has 8 atom stereocenters. The Kier molecular flexibility index (Phi) is 6.12. The molecule has 0 aromatic carbocycles. The Hall–Kier alpha value is -0.520. The Morgan fingerprint density at radius 3 is 3.00 bits per heavy atom. The van der Waals surface area contributed by atoms with Gasteiger partial charge in [-0.25, -0.2) is 0 Å². The lowest BCUT2D eigenvalue weighted by atomic mass is 9.49. The van der Waals surface area contributed by atoms with Crippen LogP contribution < -0.4 is 0 Å². The molecule has 2 saturated carbocycles. The number of rotatable bonds is 9. The first-order chi connectivity index (χ1) is 15.8. The van der Waals surface area contributed by atoms with Crippen molar-refractivity contribution in [2.45, 2.75) is 77.1 Å². The van der Waals surface area contributed by atoms with Crippen LogP contribution in [0.3, 0.4) is 0 Å². The van der Waals surface area contributed by atoms with Crippen molar-refractivity contribution >= 4 is 43.0 Å². The number of hydrogen-bond acceptors (Lipinski definition) is 4. The molecule has 166 valence electrons. The highest BCUT2D eigenvalue weighted by molar-refractivity contribution is 8.15. The maximum Gasteiger partial charge on any atom is 0.216 e. The van der Waals surface area contributed by atoms with Gasteiger partial charge in [0.1, 0.15) is 6.29 Å². The second kappa shape index (κ2) is 9.02. The first kappa shape index (κ1) is 21.0. The Balaban J connectivity index is 1.65. The van der Waals surface area contributed by atoms with E-state index in [0.29, 0.717) is 30.6 Å². The van der Waals surface area contributed by atoms with Crippen molar-refractivity contribution in [2.24, 2.45) is 28.6 Å². The summed E-state index contributed by atoms with van der Waals surface area (Å²) in [5, 5.41) is -0.111. The normalized spacial score (nSPS) is 41.7. The van der Waals surface area contributed by atoms with Gasteiger partial charge in [-0.2, -0.15) is 0 Å². The molecular formula is C24H34B2O3S2. The van der Waals surface area contributed by atoms with E-state index < -0.39 is 10.7 Å². The fourth-order valence-electron chi connectivity index (χ4n) is 7.25. The van der Waals surface area contributed by atoms with Crippen molar-refractivity contribution in [3.05, 3.63) is 34.9 Å². The van der Waals surface area contributed by atoms with Crippen molar-refractivity contribution in [1.29, 1.82) is 2.67 Å². The van der Waals surface area contributed by atoms with Crippen molar-refractivity contribution < 1.29 is 13.2 Å². The van der Waals surface area contributed by atoms with Gasteiger partial charge in [-0.3, -0.25) is 4.21 Å². The van der Waals surface area contributed by atoms with E-state index in [1.54, 1.807) is 0 Å². The van der Waals surface area contributed by atoms with Crippen molar-refractivity contribution in [2.75, 3.05) is 0 Å². The Morgan fingerprint density at radius 1 is 1.42 bits per heavy atom. The molecule has 7 heteroatoms. The van der Waals surface area contributed by atoms with Crippen LogP contribution in [-0.2, 0) is 19.6 Å². The third-order valence-electron chi connectivity index (χ3n) is 8.99. The molecule has 2 fully saturated rings. The second-order valence-corrected chi connectivity index (χ2v) is 12.0. The van der Waals surface area contributed by atoms with Crippen LogP contribution in [0.25, 0.3) is 0 Å². The molecular weight excluding hydrogens is 422 g/mol. The summed E-state index contributed by atoms with van der Waals surface area (Å²) in [5.41, 5.74) is 4.30. The van der Waals surface area contributed by atoms with Crippen LogP contribution >= 0.6 is 11.9 Å². The van der Waals surface area contributed by atoms with Crippen LogP contribution in [0.4, 0.5) is 0 Å². The minimum absolute atomic E-state index is 0.111. The molecule has 0 amide bonds. The van der Waals surface area contributed by atoms with Gasteiger partial charge in [-0.1, -0.05) is 67.6 Å². The topological polar surface area (TPSA) is 43.4 Å². The Labute approximate surface area is 199 Å². The predicted molar refractivity (Wildman–Crippen MR) is 134 cm³/mol. The quantitative estimate of drug-likeness (QED) is 0.221. The molecule has 4 aliphatic carbocycles. The monoisotopic (exact) mass is 460 g/mol. The third-order valence-corrected chi connectivity index (χ3v) is 10.4. The molecule has 0 aliphatic heterocycles. The zero-order valence-electron chi connectivity index (χ0n) is 20.8. The van der Waals surface area contributed by atoms with E-state index in [1.807, 2.05) is 0 Å². The van der Waals surface area contributed by atoms with E-state index in [-0.39, 0.29) is 22.2 Å². The second-order valence-electron chi connectivity index (χ2n) is 10.3. The van der Waals surface area contributed by atoms with E-state index in [0.717, 1.165) is 57.4 Å². The minimum Gasteiger partial charge on any atom is -0.324 e. The van der Waals surface area contributed by atoms with E-state index in [1.165, 1.54) is 23.8 Å². The lowest BCUT2D eigenvalue weighted by Crippen LogP contribution is -2.53. The highest BCUT2D eigenvalue weighted by Gasteiger charge is 2.57. The molecule has 0 aromatic rings. The average Bonchev–Trinajstić information content (AvgIpc) is 3.17. The maximum atomic E-state index is 12.5. The number of fused-ring (bicyclic) bond motifs is 5. The summed E-state index contributed by atoms with van der Waals surface area (Å²) in [6, 6.07) is 0. The standard InChI is InChI=1S/C24H34B2O3S2/c1-15(5-4-12-27)19-8-9-20-18-7-6-16-13-17(31(26)28)14-22(29-30-25)24(16,3)21(18)10-11-23(19,20)2/h6-8,12,15,17,20-22,25-26H,4-5,9-11,13-14H2,1-3H3/t15?,17-,20?,21?,22+,23-,24+,31?/m1/s1/i25T,26T. The molecule has 0 saturated heterocycles. The summed E-state index contributed by atoms with van der Waals surface area (Å²) < 4.78 is 33.6. The molecule has 0 heterocycles. The number of hydrogen-bond donors (Lipinski definition) is 0. The lowest BCUT2D eigenvalue weighted by Gasteiger charge is -2.57. The number of carbonyl (C=O) groups is 1. The first-order valence-electron chi connectivity index (χ1n) is 12.6. The van der Waals surface area contributed by atoms with Gasteiger partial charge in [-0.15, -0.1) is 0 Å². The minimum atomic E-state index is -1.31. The predicted octanol–water partition coefficient (Wildman–Crippen LogP) is 4.41. The zero-order valence-corrected chi connectivity index (χ0v) is 20.5. The third kappa shape index (κ3) is 3.81. The molecule has 31 heavy (non-hydrogen) atoms. The fourth-order valence-corrected chi connectivity index (χ4v) is 8.37. The molecule has 3 nitrogen and oxygen atoms in total. The lowest BCUT2D eigenvalue weighted by molar-refractivity contribution is -0.108. The molecule has 4 aliphatic rings. The van der Waals surface area contributed by atoms with Gasteiger partial charge >= 0.3 is 0 Å². The summed E-state index contributed by atoms with van der Waals surface area (Å²) in [6.45, 7) is 7.01. The summed E-state index contributed by atoms with van der Waals surface area (Å²) >= 11 is 1.06. The SMILES string of the molecule is [3H][B]SO[C@H]1C[C@H](S(=O)[B][3H])CC2=CC=C3C(CC[C@]4(C)C(C(C)CCC=O)=CCC34)[C@]21C. The molecule has 0 aromatic heterocycles. The molecule has 4 rings (SSSR count). The largest absolute Gasteiger partial charge is 0.324 e. The average molecular weight is 460 g/mol. The summed E-state index contributed by atoms with van der Waals surface area (Å²) in [5.74, 6) is 1.28. The summed E-state index contributed by atoms with van der Waals surface area (Å²) in [7, 11) is 0.969. The number of carbonyl (C=O) groups excluding carboxylic acids is 1. The van der Waals surface area contributed by atoms with Crippen molar-refractivity contribution in [1.82, 2.24) is 0 Å². The number of allylic oxidation sites excluding steroid dienone is 5. The van der Waals surface area contributed by atoms with E-state index in [9.17, 15) is 9.00 Å². The van der Waals surface area contributed by atoms with E-state index >= 15 is 0 Å². The molecule has 0 spiro atoms. The Morgan fingerprint density at radius 2 is 2.26 bits per heavy atom. The van der Waals surface area contributed by atoms with Crippen LogP contribution in [0, 0.1) is 28.6 Å². The van der Waals surface area contributed by atoms with Gasteiger partial charge in [0.25, 0.3) is 0 Å². The molecule has 4 unspecified atom stereocenters. The smallest absolute Gasteiger partial charge is 0.216 e. The number of aldehydes is 1. The van der Waals surface area contributed by atoms with Gasteiger partial charge in [0, 0.05) is 17.1 Å². The van der Waals surface area contributed by atoms with E-state index in [4.69, 9.17) is 6.85 Å². The van der Waals surface area contributed by atoms with Crippen LogP contribution in [0.1, 0.15) is 65.7 Å². The van der Waals surface area contributed by atoms with Gasteiger partial charge in [-0.05, 0) is 75.0 Å². The fraction of sp³-hybridized carbons (Fsp3) is 0.708. The molecule has 0 N–H and O–H groups in total. The van der Waals surface area contributed by atoms with Crippen LogP contribution in [-0.4, -0.2) is 38.7 Å². The summed E-state index contributed by atoms with van der Waals surface area (Å²) in [6.07, 6.45) is 14.1.